The number of hydrogen-bond acceptors (Lipinski definition) is 22. The third kappa shape index (κ3) is 59.5. The van der Waals surface area contributed by atoms with Crippen LogP contribution in [0, 0.1) is 0 Å². The average molecular weight is 931 g/mol. The van der Waals surface area contributed by atoms with Crippen molar-refractivity contribution in [2.45, 2.75) is 5.44 Å². The van der Waals surface area contributed by atoms with Crippen molar-refractivity contribution >= 4 is 12.6 Å². The molecule has 374 valence electrons. The van der Waals surface area contributed by atoms with Gasteiger partial charge in [0, 0.05) is 0 Å². The first-order chi connectivity index (χ1) is 30.8. The maximum absolute atomic E-state index is 8.95. The van der Waals surface area contributed by atoms with Crippen molar-refractivity contribution in [2.24, 2.45) is 0 Å². The predicted octanol–water partition coefficient (Wildman–Crippen LogP) is -0.458. The molecule has 0 aliphatic carbocycles. The van der Waals surface area contributed by atoms with Crippen LogP contribution >= 0.6 is 12.6 Å². The van der Waals surface area contributed by atoms with E-state index in [1.807, 2.05) is 0 Å². The van der Waals surface area contributed by atoms with Gasteiger partial charge in [-0.25, -0.2) is 0 Å². The summed E-state index contributed by atoms with van der Waals surface area (Å²) >= 11 is 3.80. The van der Waals surface area contributed by atoms with Crippen LogP contribution in [0.15, 0.2) is 0 Å². The van der Waals surface area contributed by atoms with Crippen molar-refractivity contribution in [2.75, 3.05) is 258 Å². The molecular formula is C40H82O21S. The number of hydrogen-bond donors (Lipinski definition) is 3. The normalized spacial score (nSPS) is 12.2. The Morgan fingerprint density at radius 2 is 0.323 bits per heavy atom. The van der Waals surface area contributed by atoms with Gasteiger partial charge in [-0.15, -0.1) is 12.6 Å². The summed E-state index contributed by atoms with van der Waals surface area (Å²) < 4.78 is 103. The topological polar surface area (TPSA) is 216 Å². The summed E-state index contributed by atoms with van der Waals surface area (Å²) in [5, 5.41) is 17.5. The maximum Gasteiger partial charge on any atom is 0.120 e. The van der Waals surface area contributed by atoms with Gasteiger partial charge in [0.15, 0.2) is 0 Å². The second kappa shape index (κ2) is 58.5. The Morgan fingerprint density at radius 3 is 0.435 bits per heavy atom. The Hall–Kier alpha value is -0.490. The second-order valence-corrected chi connectivity index (χ2v) is 12.9. The molecular weight excluding hydrogens is 848 g/mol. The first-order valence-electron chi connectivity index (χ1n) is 21.7. The molecule has 0 bridgehead atoms. The van der Waals surface area contributed by atoms with Gasteiger partial charge < -0.3 is 100 Å². The molecule has 0 aromatic carbocycles. The minimum atomic E-state index is -0.766. The lowest BCUT2D eigenvalue weighted by atomic mass is 10.6. The van der Waals surface area contributed by atoms with Crippen LogP contribution in [-0.2, 0) is 90.0 Å². The summed E-state index contributed by atoms with van der Waals surface area (Å²) in [6.45, 7) is 18.0. The van der Waals surface area contributed by atoms with Crippen molar-refractivity contribution in [1.29, 1.82) is 0 Å². The summed E-state index contributed by atoms with van der Waals surface area (Å²) in [7, 11) is 0. The molecule has 0 aliphatic rings. The quantitative estimate of drug-likeness (QED) is 0.0400. The van der Waals surface area contributed by atoms with Gasteiger partial charge in [-0.3, -0.25) is 0 Å². The second-order valence-electron chi connectivity index (χ2n) is 12.3. The first kappa shape index (κ1) is 61.5. The van der Waals surface area contributed by atoms with Crippen molar-refractivity contribution in [3.8, 4) is 0 Å². The molecule has 0 aliphatic heterocycles. The van der Waals surface area contributed by atoms with E-state index in [9.17, 15) is 0 Å². The van der Waals surface area contributed by atoms with E-state index in [4.69, 9.17) is 100 Å². The zero-order valence-electron chi connectivity index (χ0n) is 37.3. The molecule has 21 nitrogen and oxygen atoms in total. The molecule has 1 unspecified atom stereocenters. The van der Waals surface area contributed by atoms with E-state index in [2.05, 4.69) is 12.6 Å². The monoisotopic (exact) mass is 931 g/mol. The number of rotatable bonds is 58. The molecule has 0 saturated carbocycles. The van der Waals surface area contributed by atoms with Crippen LogP contribution in [0.3, 0.4) is 0 Å². The van der Waals surface area contributed by atoms with E-state index in [0.717, 1.165) is 0 Å². The average Bonchev–Trinajstić information content (AvgIpc) is 3.27. The highest BCUT2D eigenvalue weighted by atomic mass is 32.1. The molecule has 0 aromatic rings. The minimum absolute atomic E-state index is 0.0192. The fourth-order valence-corrected chi connectivity index (χ4v) is 4.32. The Kier molecular flexibility index (Phi) is 58.1. The SMILES string of the molecule is OCCOCCOCCOCCOCCOCCOCCOCCOCCOCCOCCOCCOCCOCCOCCOCCOCCOCCOCCOCC(O)S. The van der Waals surface area contributed by atoms with Crippen molar-refractivity contribution in [3.63, 3.8) is 0 Å². The summed E-state index contributed by atoms with van der Waals surface area (Å²) in [4.78, 5) is 0. The molecule has 0 rings (SSSR count). The van der Waals surface area contributed by atoms with Crippen LogP contribution in [0.5, 0.6) is 0 Å². The molecule has 0 fully saturated rings. The highest BCUT2D eigenvalue weighted by molar-refractivity contribution is 7.80. The number of ether oxygens (including phenoxy) is 19. The van der Waals surface area contributed by atoms with E-state index in [-0.39, 0.29) is 13.2 Å². The van der Waals surface area contributed by atoms with Gasteiger partial charge in [-0.2, -0.15) is 0 Å². The zero-order chi connectivity index (χ0) is 44.6. The summed E-state index contributed by atoms with van der Waals surface area (Å²) in [6.07, 6.45) is 0. The van der Waals surface area contributed by atoms with Gasteiger partial charge in [0.05, 0.1) is 258 Å². The highest BCUT2D eigenvalue weighted by Gasteiger charge is 1.99. The van der Waals surface area contributed by atoms with E-state index in [0.29, 0.717) is 244 Å². The third-order valence-corrected chi connectivity index (χ3v) is 7.35. The van der Waals surface area contributed by atoms with Crippen LogP contribution in [0.25, 0.3) is 0 Å². The molecule has 62 heavy (non-hydrogen) atoms. The van der Waals surface area contributed by atoms with Gasteiger partial charge >= 0.3 is 0 Å². The Bertz CT molecular complexity index is 786. The number of thiol groups is 1. The molecule has 0 saturated heterocycles. The van der Waals surface area contributed by atoms with E-state index in [1.165, 1.54) is 0 Å². The first-order valence-corrected chi connectivity index (χ1v) is 22.2. The smallest absolute Gasteiger partial charge is 0.120 e. The number of aliphatic hydroxyl groups excluding tert-OH is 2. The molecule has 0 spiro atoms. The fraction of sp³-hybridized carbons (Fsp3) is 1.00. The molecule has 0 heterocycles. The van der Waals surface area contributed by atoms with E-state index < -0.39 is 5.44 Å². The van der Waals surface area contributed by atoms with Crippen LogP contribution in [0.2, 0.25) is 0 Å². The molecule has 1 atom stereocenters. The van der Waals surface area contributed by atoms with Gasteiger partial charge in [-0.1, -0.05) is 0 Å². The van der Waals surface area contributed by atoms with Crippen molar-refractivity contribution in [3.05, 3.63) is 0 Å². The summed E-state index contributed by atoms with van der Waals surface area (Å²) in [5.74, 6) is 0. The fourth-order valence-electron chi connectivity index (χ4n) is 4.21. The standard InChI is InChI=1S/C40H82O21S/c41-1-2-43-3-4-44-5-6-45-7-8-46-9-10-47-11-12-48-13-14-49-15-16-50-17-18-51-19-20-52-21-22-53-23-24-54-25-26-55-27-28-56-29-30-57-31-32-58-33-34-59-35-36-60-37-38-61-39-40(42)62/h40-42,62H,1-39H2. The molecule has 0 radical (unpaired) electrons. The van der Waals surface area contributed by atoms with Gasteiger partial charge in [-0.05, 0) is 0 Å². The number of aliphatic hydroxyl groups is 2. The summed E-state index contributed by atoms with van der Waals surface area (Å²) in [6, 6.07) is 0. The van der Waals surface area contributed by atoms with Crippen molar-refractivity contribution in [1.82, 2.24) is 0 Å². The molecule has 2 N–H and O–H groups in total. The minimum Gasteiger partial charge on any atom is -0.394 e. The van der Waals surface area contributed by atoms with Crippen LogP contribution in [0.1, 0.15) is 0 Å². The maximum atomic E-state index is 8.95. The largest absolute Gasteiger partial charge is 0.394 e. The molecule has 0 amide bonds. The molecule has 0 aromatic heterocycles. The van der Waals surface area contributed by atoms with Crippen molar-refractivity contribution < 1.29 is 100 Å². The lowest BCUT2D eigenvalue weighted by molar-refractivity contribution is -0.0314. The lowest BCUT2D eigenvalue weighted by Crippen LogP contribution is -2.16. The highest BCUT2D eigenvalue weighted by Crippen LogP contribution is 1.91. The van der Waals surface area contributed by atoms with Crippen LogP contribution < -0.4 is 0 Å². The van der Waals surface area contributed by atoms with E-state index >= 15 is 0 Å². The summed E-state index contributed by atoms with van der Waals surface area (Å²) in [5.41, 5.74) is -0.766. The van der Waals surface area contributed by atoms with Gasteiger partial charge in [0.1, 0.15) is 5.44 Å². The lowest BCUT2D eigenvalue weighted by Gasteiger charge is -2.09. The van der Waals surface area contributed by atoms with Gasteiger partial charge in [0.2, 0.25) is 0 Å². The Labute approximate surface area is 375 Å². The Balaban J connectivity index is 3.06. The third-order valence-electron chi connectivity index (χ3n) is 7.20. The molecule has 22 heteroatoms. The van der Waals surface area contributed by atoms with Gasteiger partial charge in [0.25, 0.3) is 0 Å². The predicted molar refractivity (Wildman–Crippen MR) is 228 cm³/mol. The Morgan fingerprint density at radius 1 is 0.210 bits per heavy atom. The zero-order valence-corrected chi connectivity index (χ0v) is 38.1. The van der Waals surface area contributed by atoms with E-state index in [1.54, 1.807) is 0 Å². The van der Waals surface area contributed by atoms with Crippen LogP contribution in [-0.4, -0.2) is 273 Å². The van der Waals surface area contributed by atoms with Crippen LogP contribution in [0.4, 0.5) is 0 Å².